The Morgan fingerprint density at radius 1 is 1.09 bits per heavy atom. The molecule has 3 aromatic rings. The van der Waals surface area contributed by atoms with Crippen LogP contribution in [-0.2, 0) is 10.0 Å². The average Bonchev–Trinajstić information content (AvgIpc) is 2.51. The van der Waals surface area contributed by atoms with Gasteiger partial charge in [-0.15, -0.1) is 0 Å². The van der Waals surface area contributed by atoms with Crippen LogP contribution in [0.3, 0.4) is 0 Å². The van der Waals surface area contributed by atoms with Crippen LogP contribution in [0.25, 0.3) is 10.9 Å². The molecule has 0 amide bonds. The fourth-order valence-corrected chi connectivity index (χ4v) is 3.59. The summed E-state index contributed by atoms with van der Waals surface area (Å²) in [6.07, 6.45) is 1.48. The second kappa shape index (κ2) is 5.75. The largest absolute Gasteiger partial charge is 0.277 e. The fourth-order valence-electron chi connectivity index (χ4n) is 2.12. The molecule has 0 radical (unpaired) electrons. The average molecular weight is 355 g/mol. The van der Waals surface area contributed by atoms with E-state index >= 15 is 0 Å². The molecule has 0 aliphatic heterocycles. The molecule has 0 aliphatic carbocycles. The summed E-state index contributed by atoms with van der Waals surface area (Å²) in [7, 11) is -4.15. The first-order valence-electron chi connectivity index (χ1n) is 6.39. The second-order valence-electron chi connectivity index (χ2n) is 4.67. The molecule has 1 N–H and O–H groups in total. The number of fused-ring (bicyclic) bond motifs is 1. The molecule has 118 valence electrons. The van der Waals surface area contributed by atoms with Gasteiger partial charge in [-0.2, -0.15) is 0 Å². The highest BCUT2D eigenvalue weighted by atomic mass is 35.5. The first kappa shape index (κ1) is 15.6. The van der Waals surface area contributed by atoms with Gasteiger partial charge < -0.3 is 0 Å². The van der Waals surface area contributed by atoms with Gasteiger partial charge in [0.05, 0.1) is 21.1 Å². The lowest BCUT2D eigenvalue weighted by atomic mass is 10.2. The molecule has 1 heterocycles. The number of nitrogens with zero attached hydrogens (tertiary/aromatic N) is 1. The minimum atomic E-state index is -4.15. The third-order valence-corrected chi connectivity index (χ3v) is 4.87. The lowest BCUT2D eigenvalue weighted by Gasteiger charge is -2.11. The number of pyridine rings is 1. The minimum absolute atomic E-state index is 0.131. The quantitative estimate of drug-likeness (QED) is 0.774. The Morgan fingerprint density at radius 3 is 2.65 bits per heavy atom. The van der Waals surface area contributed by atoms with Crippen LogP contribution in [0.2, 0.25) is 5.02 Å². The third-order valence-electron chi connectivity index (χ3n) is 3.14. The standard InChI is InChI=1S/C15H9ClF2N2O2S/c16-11-4-6-14(10-2-1-7-19-15(10)11)23(21,22)20-13-8-9(17)3-5-12(13)18/h1-8,20H. The number of hydrogen-bond donors (Lipinski definition) is 1. The molecular formula is C15H9ClF2N2O2S. The van der Waals surface area contributed by atoms with Crippen molar-refractivity contribution in [3.05, 3.63) is 65.3 Å². The summed E-state index contributed by atoms with van der Waals surface area (Å²) in [4.78, 5) is 3.90. The number of sulfonamides is 1. The number of anilines is 1. The van der Waals surface area contributed by atoms with E-state index in [-0.39, 0.29) is 15.3 Å². The van der Waals surface area contributed by atoms with E-state index in [1.165, 1.54) is 24.4 Å². The zero-order chi connectivity index (χ0) is 16.6. The van der Waals surface area contributed by atoms with Gasteiger partial charge in [-0.05, 0) is 36.4 Å². The molecule has 8 heteroatoms. The van der Waals surface area contributed by atoms with E-state index < -0.39 is 27.3 Å². The molecule has 1 aromatic heterocycles. The third kappa shape index (κ3) is 2.97. The molecule has 0 fully saturated rings. The number of nitrogens with one attached hydrogen (secondary N) is 1. The van der Waals surface area contributed by atoms with Gasteiger partial charge in [-0.25, -0.2) is 17.2 Å². The van der Waals surface area contributed by atoms with Crippen LogP contribution in [0, 0.1) is 11.6 Å². The minimum Gasteiger partial charge on any atom is -0.277 e. The smallest absolute Gasteiger partial charge is 0.262 e. The summed E-state index contributed by atoms with van der Waals surface area (Å²) in [5.41, 5.74) is -0.172. The van der Waals surface area contributed by atoms with Gasteiger partial charge >= 0.3 is 0 Å². The van der Waals surface area contributed by atoms with Crippen LogP contribution in [0.15, 0.2) is 53.6 Å². The van der Waals surface area contributed by atoms with Crippen molar-refractivity contribution in [2.45, 2.75) is 4.90 Å². The molecule has 0 saturated carbocycles. The van der Waals surface area contributed by atoms with E-state index in [9.17, 15) is 17.2 Å². The van der Waals surface area contributed by atoms with Gasteiger partial charge in [0, 0.05) is 17.6 Å². The zero-order valence-corrected chi connectivity index (χ0v) is 13.0. The van der Waals surface area contributed by atoms with Crippen molar-refractivity contribution in [2.24, 2.45) is 0 Å². The number of aromatic nitrogens is 1. The molecule has 0 bridgehead atoms. The predicted molar refractivity (Wildman–Crippen MR) is 83.9 cm³/mol. The Kier molecular flexibility index (Phi) is 3.91. The van der Waals surface area contributed by atoms with Crippen molar-refractivity contribution in [3.8, 4) is 0 Å². The highest BCUT2D eigenvalue weighted by molar-refractivity contribution is 7.93. The summed E-state index contributed by atoms with van der Waals surface area (Å²) < 4.78 is 53.9. The van der Waals surface area contributed by atoms with E-state index in [1.807, 2.05) is 4.72 Å². The van der Waals surface area contributed by atoms with Crippen molar-refractivity contribution in [1.29, 1.82) is 0 Å². The first-order valence-corrected chi connectivity index (χ1v) is 8.26. The van der Waals surface area contributed by atoms with Crippen LogP contribution in [-0.4, -0.2) is 13.4 Å². The molecular weight excluding hydrogens is 346 g/mol. The molecule has 0 saturated heterocycles. The van der Waals surface area contributed by atoms with Crippen LogP contribution < -0.4 is 4.72 Å². The van der Waals surface area contributed by atoms with Gasteiger partial charge in [0.25, 0.3) is 10.0 Å². The summed E-state index contributed by atoms with van der Waals surface area (Å²) in [6.45, 7) is 0. The van der Waals surface area contributed by atoms with E-state index in [4.69, 9.17) is 11.6 Å². The maximum atomic E-state index is 13.7. The van der Waals surface area contributed by atoms with Gasteiger partial charge in [0.2, 0.25) is 0 Å². The van der Waals surface area contributed by atoms with Crippen LogP contribution >= 0.6 is 11.6 Å². The van der Waals surface area contributed by atoms with Crippen molar-refractivity contribution in [1.82, 2.24) is 4.98 Å². The molecule has 3 rings (SSSR count). The van der Waals surface area contributed by atoms with Crippen molar-refractivity contribution in [2.75, 3.05) is 4.72 Å². The summed E-state index contributed by atoms with van der Waals surface area (Å²) in [5.74, 6) is -1.64. The lowest BCUT2D eigenvalue weighted by molar-refractivity contribution is 0.595. The van der Waals surface area contributed by atoms with Gasteiger partial charge in [0.15, 0.2) is 0 Å². The first-order chi connectivity index (χ1) is 10.9. The maximum Gasteiger partial charge on any atom is 0.262 e. The van der Waals surface area contributed by atoms with Gasteiger partial charge in [-0.1, -0.05) is 11.6 Å². The van der Waals surface area contributed by atoms with Crippen molar-refractivity contribution in [3.63, 3.8) is 0 Å². The topological polar surface area (TPSA) is 59.1 Å². The van der Waals surface area contributed by atoms with Crippen molar-refractivity contribution >= 4 is 38.2 Å². The Balaban J connectivity index is 2.14. The zero-order valence-electron chi connectivity index (χ0n) is 11.4. The highest BCUT2D eigenvalue weighted by Crippen LogP contribution is 2.29. The second-order valence-corrected chi connectivity index (χ2v) is 6.73. The Hall–Kier alpha value is -2.25. The maximum absolute atomic E-state index is 13.7. The Labute approximate surface area is 135 Å². The number of benzene rings is 2. The van der Waals surface area contributed by atoms with E-state index in [0.29, 0.717) is 5.52 Å². The molecule has 0 spiro atoms. The van der Waals surface area contributed by atoms with Gasteiger partial charge in [-0.3, -0.25) is 9.71 Å². The molecule has 2 aromatic carbocycles. The highest BCUT2D eigenvalue weighted by Gasteiger charge is 2.20. The molecule has 0 aliphatic rings. The molecule has 23 heavy (non-hydrogen) atoms. The van der Waals surface area contributed by atoms with Crippen LogP contribution in [0.5, 0.6) is 0 Å². The van der Waals surface area contributed by atoms with Crippen LogP contribution in [0.4, 0.5) is 14.5 Å². The van der Waals surface area contributed by atoms with E-state index in [2.05, 4.69) is 4.98 Å². The van der Waals surface area contributed by atoms with Gasteiger partial charge in [0.1, 0.15) is 11.6 Å². The Bertz CT molecular complexity index is 1010. The molecule has 4 nitrogen and oxygen atoms in total. The van der Waals surface area contributed by atoms with Crippen molar-refractivity contribution < 1.29 is 17.2 Å². The number of hydrogen-bond acceptors (Lipinski definition) is 3. The molecule has 0 unspecified atom stereocenters. The van der Waals surface area contributed by atoms with E-state index in [0.717, 1.165) is 18.2 Å². The lowest BCUT2D eigenvalue weighted by Crippen LogP contribution is -2.14. The summed E-state index contributed by atoms with van der Waals surface area (Å²) in [5, 5.41) is 0.570. The van der Waals surface area contributed by atoms with Crippen LogP contribution in [0.1, 0.15) is 0 Å². The SMILES string of the molecule is O=S(=O)(Nc1cc(F)ccc1F)c1ccc(Cl)c2ncccc12. The monoisotopic (exact) mass is 354 g/mol. The number of rotatable bonds is 3. The normalized spacial score (nSPS) is 11.6. The Morgan fingerprint density at radius 2 is 1.87 bits per heavy atom. The van der Waals surface area contributed by atoms with E-state index in [1.54, 1.807) is 6.07 Å². The fraction of sp³-hybridized carbons (Fsp3) is 0. The predicted octanol–water partition coefficient (Wildman–Crippen LogP) is 3.97. The molecule has 0 atom stereocenters. The number of halogens is 3. The summed E-state index contributed by atoms with van der Waals surface area (Å²) >= 11 is 6.00. The summed E-state index contributed by atoms with van der Waals surface area (Å²) in [6, 6.07) is 8.26.